The predicted molar refractivity (Wildman–Crippen MR) is 103 cm³/mol. The average Bonchev–Trinajstić information content (AvgIpc) is 2.96. The molecule has 0 spiro atoms. The highest BCUT2D eigenvalue weighted by Gasteiger charge is 2.19. The summed E-state index contributed by atoms with van der Waals surface area (Å²) in [6.07, 6.45) is 3.97. The topological polar surface area (TPSA) is 36.3 Å². The average molecular weight is 384 g/mol. The number of hydrogen-bond acceptors (Lipinski definition) is 3. The second-order valence-corrected chi connectivity index (χ2v) is 7.07. The fourth-order valence-electron chi connectivity index (χ4n) is 2.71. The van der Waals surface area contributed by atoms with Crippen molar-refractivity contribution in [1.29, 1.82) is 0 Å². The summed E-state index contributed by atoms with van der Waals surface area (Å²) in [4.78, 5) is 4.57. The maximum atomic E-state index is 6.19. The lowest BCUT2D eigenvalue weighted by molar-refractivity contribution is 0.177. The van der Waals surface area contributed by atoms with Crippen LogP contribution in [-0.2, 0) is 13.6 Å². The zero-order valence-electron chi connectivity index (χ0n) is 13.4. The standard InChI is InChI=1S/C16H19Cl2N5S/c1-21-10-12(9-19-21)11-22-4-6-23(7-5-22)16(24)20-15-3-2-13(17)8-14(15)18/h2-3,8-10H,4-7,11H2,1H3,(H,20,24). The van der Waals surface area contributed by atoms with Gasteiger partial charge in [0.1, 0.15) is 0 Å². The maximum absolute atomic E-state index is 6.19. The van der Waals surface area contributed by atoms with Gasteiger partial charge in [0.2, 0.25) is 0 Å². The highest BCUT2D eigenvalue weighted by atomic mass is 35.5. The van der Waals surface area contributed by atoms with E-state index in [0.717, 1.165) is 38.4 Å². The second kappa shape index (κ2) is 7.70. The molecular formula is C16H19Cl2N5S. The van der Waals surface area contributed by atoms with E-state index >= 15 is 0 Å². The summed E-state index contributed by atoms with van der Waals surface area (Å²) in [5.74, 6) is 0. The molecule has 128 valence electrons. The Balaban J connectivity index is 1.51. The number of piperazine rings is 1. The summed E-state index contributed by atoms with van der Waals surface area (Å²) in [6.45, 7) is 4.62. The van der Waals surface area contributed by atoms with Gasteiger partial charge in [0, 0.05) is 56.6 Å². The minimum Gasteiger partial charge on any atom is -0.346 e. The van der Waals surface area contributed by atoms with Gasteiger partial charge in [-0.1, -0.05) is 23.2 Å². The number of rotatable bonds is 3. The first kappa shape index (κ1) is 17.5. The lowest BCUT2D eigenvalue weighted by Gasteiger charge is -2.36. The van der Waals surface area contributed by atoms with Gasteiger partial charge in [0.25, 0.3) is 0 Å². The van der Waals surface area contributed by atoms with Gasteiger partial charge >= 0.3 is 0 Å². The Hall–Kier alpha value is -1.34. The van der Waals surface area contributed by atoms with E-state index in [9.17, 15) is 0 Å². The van der Waals surface area contributed by atoms with Gasteiger partial charge in [-0.3, -0.25) is 9.58 Å². The Kier molecular flexibility index (Phi) is 5.61. The second-order valence-electron chi connectivity index (χ2n) is 5.84. The Morgan fingerprint density at radius 3 is 2.62 bits per heavy atom. The van der Waals surface area contributed by atoms with Crippen LogP contribution in [0.4, 0.5) is 5.69 Å². The lowest BCUT2D eigenvalue weighted by Crippen LogP contribution is -2.49. The maximum Gasteiger partial charge on any atom is 0.173 e. The van der Waals surface area contributed by atoms with Crippen molar-refractivity contribution in [3.8, 4) is 0 Å². The molecule has 8 heteroatoms. The first-order valence-corrected chi connectivity index (χ1v) is 8.88. The van der Waals surface area contributed by atoms with Crippen molar-refractivity contribution in [2.24, 2.45) is 7.05 Å². The third-order valence-electron chi connectivity index (χ3n) is 4.00. The molecule has 2 aromatic rings. The van der Waals surface area contributed by atoms with Crippen LogP contribution in [0.2, 0.25) is 10.0 Å². The molecule has 1 aromatic heterocycles. The van der Waals surface area contributed by atoms with E-state index in [1.165, 1.54) is 5.56 Å². The molecule has 1 aliphatic rings. The molecule has 0 amide bonds. The smallest absolute Gasteiger partial charge is 0.173 e. The Labute approximate surface area is 157 Å². The van der Waals surface area contributed by atoms with Gasteiger partial charge in [0.05, 0.1) is 16.9 Å². The van der Waals surface area contributed by atoms with Gasteiger partial charge in [-0.25, -0.2) is 0 Å². The molecule has 24 heavy (non-hydrogen) atoms. The van der Waals surface area contributed by atoms with Gasteiger partial charge in [-0.2, -0.15) is 5.10 Å². The molecule has 0 unspecified atom stereocenters. The lowest BCUT2D eigenvalue weighted by atomic mass is 10.2. The van der Waals surface area contributed by atoms with Crippen LogP contribution < -0.4 is 5.32 Å². The fraction of sp³-hybridized carbons (Fsp3) is 0.375. The minimum absolute atomic E-state index is 0.570. The van der Waals surface area contributed by atoms with Gasteiger partial charge < -0.3 is 10.2 Å². The van der Waals surface area contributed by atoms with Gasteiger partial charge in [-0.15, -0.1) is 0 Å². The Bertz CT molecular complexity index is 725. The number of aryl methyl sites for hydroxylation is 1. The number of aromatic nitrogens is 2. The quantitative estimate of drug-likeness (QED) is 0.823. The third-order valence-corrected chi connectivity index (χ3v) is 4.90. The molecule has 1 N–H and O–H groups in total. The highest BCUT2D eigenvalue weighted by Crippen LogP contribution is 2.25. The van der Waals surface area contributed by atoms with Crippen molar-refractivity contribution in [3.05, 3.63) is 46.2 Å². The number of halogens is 2. The number of thiocarbonyl (C=S) groups is 1. The van der Waals surface area contributed by atoms with E-state index in [1.54, 1.807) is 12.1 Å². The third kappa shape index (κ3) is 4.39. The molecule has 0 radical (unpaired) electrons. The van der Waals surface area contributed by atoms with Crippen molar-refractivity contribution in [2.45, 2.75) is 6.54 Å². The number of benzene rings is 1. The summed E-state index contributed by atoms with van der Waals surface area (Å²) >= 11 is 17.6. The van der Waals surface area contributed by atoms with Crippen LogP contribution in [0.3, 0.4) is 0 Å². The molecule has 0 atom stereocenters. The van der Waals surface area contributed by atoms with Crippen LogP contribution in [0.5, 0.6) is 0 Å². The van der Waals surface area contributed by atoms with E-state index in [0.29, 0.717) is 15.2 Å². The number of hydrogen-bond donors (Lipinski definition) is 1. The van der Waals surface area contributed by atoms with Crippen molar-refractivity contribution >= 4 is 46.2 Å². The Morgan fingerprint density at radius 2 is 2.00 bits per heavy atom. The number of nitrogens with one attached hydrogen (secondary N) is 1. The molecule has 0 aliphatic carbocycles. The van der Waals surface area contributed by atoms with Crippen LogP contribution in [0, 0.1) is 0 Å². The van der Waals surface area contributed by atoms with Crippen molar-refractivity contribution < 1.29 is 0 Å². The minimum atomic E-state index is 0.570. The predicted octanol–water partition coefficient (Wildman–Crippen LogP) is 3.24. The van der Waals surface area contributed by atoms with Crippen LogP contribution in [0.25, 0.3) is 0 Å². The SMILES string of the molecule is Cn1cc(CN2CCN(C(=S)Nc3ccc(Cl)cc3Cl)CC2)cn1. The van der Waals surface area contributed by atoms with Gasteiger partial charge in [-0.05, 0) is 30.4 Å². The van der Waals surface area contributed by atoms with Crippen LogP contribution in [0.15, 0.2) is 30.6 Å². The molecule has 1 aromatic carbocycles. The normalized spacial score (nSPS) is 15.5. The Morgan fingerprint density at radius 1 is 1.25 bits per heavy atom. The molecule has 1 fully saturated rings. The van der Waals surface area contributed by atoms with E-state index in [1.807, 2.05) is 24.0 Å². The number of anilines is 1. The molecule has 0 saturated carbocycles. The monoisotopic (exact) mass is 383 g/mol. The van der Waals surface area contributed by atoms with Crippen LogP contribution >= 0.6 is 35.4 Å². The number of nitrogens with zero attached hydrogens (tertiary/aromatic N) is 4. The largest absolute Gasteiger partial charge is 0.346 e. The summed E-state index contributed by atoms with van der Waals surface area (Å²) < 4.78 is 1.83. The molecule has 5 nitrogen and oxygen atoms in total. The molecule has 0 bridgehead atoms. The summed E-state index contributed by atoms with van der Waals surface area (Å²) in [5, 5.41) is 9.30. The summed E-state index contributed by atoms with van der Waals surface area (Å²) in [5.41, 5.74) is 2.02. The van der Waals surface area contributed by atoms with Crippen molar-refractivity contribution in [1.82, 2.24) is 19.6 Å². The van der Waals surface area contributed by atoms with Crippen LogP contribution in [0.1, 0.15) is 5.56 Å². The molecule has 3 rings (SSSR count). The molecule has 2 heterocycles. The molecule has 1 aliphatic heterocycles. The fourth-order valence-corrected chi connectivity index (χ4v) is 3.45. The van der Waals surface area contributed by atoms with Gasteiger partial charge in [0.15, 0.2) is 5.11 Å². The zero-order valence-corrected chi connectivity index (χ0v) is 15.7. The zero-order chi connectivity index (χ0) is 17.1. The molecule has 1 saturated heterocycles. The first-order valence-electron chi connectivity index (χ1n) is 7.72. The van der Waals surface area contributed by atoms with E-state index in [-0.39, 0.29) is 0 Å². The van der Waals surface area contributed by atoms with E-state index in [4.69, 9.17) is 35.4 Å². The van der Waals surface area contributed by atoms with Crippen LogP contribution in [-0.4, -0.2) is 50.9 Å². The van der Waals surface area contributed by atoms with Crippen molar-refractivity contribution in [2.75, 3.05) is 31.5 Å². The highest BCUT2D eigenvalue weighted by molar-refractivity contribution is 7.80. The first-order chi connectivity index (χ1) is 11.5. The van der Waals surface area contributed by atoms with E-state index in [2.05, 4.69) is 26.4 Å². The summed E-state index contributed by atoms with van der Waals surface area (Å²) in [6, 6.07) is 5.35. The molecular weight excluding hydrogens is 365 g/mol. The van der Waals surface area contributed by atoms with Crippen molar-refractivity contribution in [3.63, 3.8) is 0 Å². The summed E-state index contributed by atoms with van der Waals surface area (Å²) in [7, 11) is 1.94. The van der Waals surface area contributed by atoms with E-state index < -0.39 is 0 Å².